The highest BCUT2D eigenvalue weighted by molar-refractivity contribution is 6.39. The summed E-state index contributed by atoms with van der Waals surface area (Å²) >= 11 is 0. The minimum Gasteiger partial charge on any atom is -0.444 e. The Kier molecular flexibility index (Phi) is 7.12. The average molecular weight is 439 g/mol. The maximum Gasteiger partial charge on any atom is 0.413 e. The van der Waals surface area contributed by atoms with E-state index in [1.807, 2.05) is 30.3 Å². The molecule has 1 saturated heterocycles. The first-order chi connectivity index (χ1) is 15.1. The zero-order valence-corrected chi connectivity index (χ0v) is 19.0. The second-order valence-corrected chi connectivity index (χ2v) is 8.89. The highest BCUT2D eigenvalue weighted by atomic mass is 16.6. The smallest absolute Gasteiger partial charge is 0.413 e. The van der Waals surface area contributed by atoms with Crippen LogP contribution in [0.25, 0.3) is 0 Å². The molecule has 2 heterocycles. The fraction of sp³-hybridized carbons (Fsp3) is 0.417. The van der Waals surface area contributed by atoms with Crippen molar-refractivity contribution in [2.24, 2.45) is 0 Å². The summed E-state index contributed by atoms with van der Waals surface area (Å²) in [6.07, 6.45) is 3.50. The van der Waals surface area contributed by atoms with E-state index in [2.05, 4.69) is 15.6 Å². The van der Waals surface area contributed by atoms with Crippen LogP contribution in [0.15, 0.2) is 42.6 Å². The number of pyridine rings is 1. The van der Waals surface area contributed by atoms with E-state index in [0.29, 0.717) is 23.6 Å². The number of amides is 3. The summed E-state index contributed by atoms with van der Waals surface area (Å²) in [5, 5.41) is 5.22. The number of piperidine rings is 1. The molecular weight excluding hydrogens is 408 g/mol. The Bertz CT molecular complexity index is 985. The minimum absolute atomic E-state index is 0.108. The number of aromatic nitrogens is 1. The van der Waals surface area contributed by atoms with Crippen molar-refractivity contribution in [2.75, 3.05) is 17.2 Å². The number of likely N-dealkylation sites (tertiary alicyclic amines) is 1. The van der Waals surface area contributed by atoms with E-state index in [1.165, 1.54) is 6.20 Å². The van der Waals surface area contributed by atoms with Crippen LogP contribution in [0.2, 0.25) is 0 Å². The molecule has 1 aliphatic heterocycles. The lowest BCUT2D eigenvalue weighted by molar-refractivity contribution is -0.145. The lowest BCUT2D eigenvalue weighted by Gasteiger charge is -2.35. The topological polar surface area (TPSA) is 101 Å². The van der Waals surface area contributed by atoms with E-state index in [0.717, 1.165) is 24.8 Å². The molecule has 2 N–H and O–H groups in total. The first-order valence-corrected chi connectivity index (χ1v) is 10.8. The number of rotatable bonds is 3. The second kappa shape index (κ2) is 9.80. The Morgan fingerprint density at radius 3 is 2.47 bits per heavy atom. The number of hydrogen-bond donors (Lipinski definition) is 2. The molecule has 1 aromatic carbocycles. The van der Waals surface area contributed by atoms with Gasteiger partial charge in [0, 0.05) is 6.54 Å². The predicted octanol–water partition coefficient (Wildman–Crippen LogP) is 4.43. The van der Waals surface area contributed by atoms with Crippen molar-refractivity contribution in [3.8, 4) is 0 Å². The Morgan fingerprint density at radius 1 is 1.09 bits per heavy atom. The van der Waals surface area contributed by atoms with Crippen LogP contribution in [-0.2, 0) is 14.3 Å². The van der Waals surface area contributed by atoms with Crippen molar-refractivity contribution >= 4 is 29.4 Å². The number of nitrogens with zero attached hydrogens (tertiary/aromatic N) is 2. The molecule has 0 spiro atoms. The van der Waals surface area contributed by atoms with Crippen LogP contribution in [-0.4, -0.2) is 39.9 Å². The third-order valence-corrected chi connectivity index (χ3v) is 5.10. The zero-order chi connectivity index (χ0) is 23.3. The summed E-state index contributed by atoms with van der Waals surface area (Å²) in [7, 11) is 0. The van der Waals surface area contributed by atoms with Crippen molar-refractivity contribution in [3.63, 3.8) is 0 Å². The van der Waals surface area contributed by atoms with Crippen LogP contribution < -0.4 is 10.6 Å². The number of benzene rings is 1. The third-order valence-electron chi connectivity index (χ3n) is 5.10. The van der Waals surface area contributed by atoms with Crippen molar-refractivity contribution < 1.29 is 19.1 Å². The molecule has 0 bridgehead atoms. The number of ether oxygens (including phenoxy) is 1. The normalized spacial score (nSPS) is 16.2. The Hall–Kier alpha value is -3.42. The van der Waals surface area contributed by atoms with E-state index in [9.17, 15) is 14.4 Å². The molecule has 32 heavy (non-hydrogen) atoms. The van der Waals surface area contributed by atoms with Gasteiger partial charge in [0.15, 0.2) is 0 Å². The molecule has 1 aliphatic rings. The summed E-state index contributed by atoms with van der Waals surface area (Å²) in [4.78, 5) is 43.4. The van der Waals surface area contributed by atoms with Gasteiger partial charge in [0.05, 0.1) is 17.9 Å². The number of hydrogen-bond acceptors (Lipinski definition) is 5. The summed E-state index contributed by atoms with van der Waals surface area (Å²) in [6, 6.07) is 11.3. The molecule has 2 aromatic rings. The number of carbonyl (C=O) groups is 3. The van der Waals surface area contributed by atoms with Gasteiger partial charge in [0.1, 0.15) is 11.4 Å². The Balaban J connectivity index is 1.66. The van der Waals surface area contributed by atoms with Crippen LogP contribution in [0.3, 0.4) is 0 Å². The molecule has 1 fully saturated rings. The second-order valence-electron chi connectivity index (χ2n) is 8.89. The summed E-state index contributed by atoms with van der Waals surface area (Å²) < 4.78 is 5.23. The summed E-state index contributed by atoms with van der Waals surface area (Å²) in [5.74, 6) is -0.946. The lowest BCUT2D eigenvalue weighted by Crippen LogP contribution is -2.44. The molecule has 8 nitrogen and oxygen atoms in total. The van der Waals surface area contributed by atoms with Gasteiger partial charge in [-0.05, 0) is 64.2 Å². The highest BCUT2D eigenvalue weighted by Crippen LogP contribution is 2.31. The quantitative estimate of drug-likeness (QED) is 0.691. The van der Waals surface area contributed by atoms with Crippen LogP contribution >= 0.6 is 0 Å². The van der Waals surface area contributed by atoms with E-state index >= 15 is 0 Å². The van der Waals surface area contributed by atoms with E-state index in [-0.39, 0.29) is 6.04 Å². The minimum atomic E-state index is -0.707. The maximum absolute atomic E-state index is 12.9. The molecule has 0 radical (unpaired) electrons. The molecular formula is C24H30N4O4. The molecule has 170 valence electrons. The van der Waals surface area contributed by atoms with E-state index in [1.54, 1.807) is 38.7 Å². The summed E-state index contributed by atoms with van der Waals surface area (Å²) in [5.41, 5.74) is 1.41. The van der Waals surface area contributed by atoms with Crippen LogP contribution in [0.5, 0.6) is 0 Å². The molecule has 0 saturated carbocycles. The predicted molar refractivity (Wildman–Crippen MR) is 122 cm³/mol. The number of nitrogens with one attached hydrogen (secondary N) is 2. The Morgan fingerprint density at radius 2 is 1.81 bits per heavy atom. The monoisotopic (exact) mass is 438 g/mol. The number of anilines is 2. The van der Waals surface area contributed by atoms with Crippen molar-refractivity contribution in [1.29, 1.82) is 0 Å². The number of carbonyl (C=O) groups excluding carboxylic acids is 3. The third kappa shape index (κ3) is 6.06. The average Bonchev–Trinajstić information content (AvgIpc) is 2.74. The molecule has 1 atom stereocenters. The molecule has 8 heteroatoms. The van der Waals surface area contributed by atoms with Crippen LogP contribution in [0, 0.1) is 6.92 Å². The van der Waals surface area contributed by atoms with Gasteiger partial charge in [0.25, 0.3) is 0 Å². The first kappa shape index (κ1) is 23.2. The molecule has 0 unspecified atom stereocenters. The largest absolute Gasteiger partial charge is 0.444 e. The molecule has 3 rings (SSSR count). The van der Waals surface area contributed by atoms with Crippen molar-refractivity contribution in [2.45, 2.75) is 58.6 Å². The molecule has 0 aliphatic carbocycles. The first-order valence-electron chi connectivity index (χ1n) is 10.8. The molecule has 1 aromatic heterocycles. The highest BCUT2D eigenvalue weighted by Gasteiger charge is 2.31. The van der Waals surface area contributed by atoms with E-state index < -0.39 is 23.5 Å². The fourth-order valence-corrected chi connectivity index (χ4v) is 3.69. The van der Waals surface area contributed by atoms with Crippen molar-refractivity contribution in [3.05, 3.63) is 53.7 Å². The summed E-state index contributed by atoms with van der Waals surface area (Å²) in [6.45, 7) is 7.60. The van der Waals surface area contributed by atoms with Gasteiger partial charge in [-0.15, -0.1) is 0 Å². The number of aryl methyl sites for hydroxylation is 1. The standard InChI is InChI=1S/C24H30N4O4/c1-16-14-18(15-25-20(16)27-23(31)32-24(2,3)4)26-21(29)22(30)28-13-9-8-12-19(28)17-10-6-5-7-11-17/h5-7,10-11,14-15,19H,8-9,12-13H2,1-4H3,(H,26,29)(H,25,27,31)/t19-/m1/s1. The molecule has 3 amide bonds. The Labute approximate surface area is 188 Å². The van der Waals surface area contributed by atoms with Gasteiger partial charge < -0.3 is 15.0 Å². The van der Waals surface area contributed by atoms with Gasteiger partial charge in [0.2, 0.25) is 0 Å². The van der Waals surface area contributed by atoms with Gasteiger partial charge in [-0.2, -0.15) is 0 Å². The fourth-order valence-electron chi connectivity index (χ4n) is 3.69. The van der Waals surface area contributed by atoms with E-state index in [4.69, 9.17) is 4.74 Å². The van der Waals surface area contributed by atoms with Gasteiger partial charge >= 0.3 is 17.9 Å². The van der Waals surface area contributed by atoms with Gasteiger partial charge in [-0.25, -0.2) is 9.78 Å². The van der Waals surface area contributed by atoms with Crippen LogP contribution in [0.4, 0.5) is 16.3 Å². The zero-order valence-electron chi connectivity index (χ0n) is 19.0. The van der Waals surface area contributed by atoms with Crippen molar-refractivity contribution in [1.82, 2.24) is 9.88 Å². The lowest BCUT2D eigenvalue weighted by atomic mass is 9.95. The van der Waals surface area contributed by atoms with Gasteiger partial charge in [-0.3, -0.25) is 14.9 Å². The SMILES string of the molecule is Cc1cc(NC(=O)C(=O)N2CCCC[C@@H]2c2ccccc2)cnc1NC(=O)OC(C)(C)C. The maximum atomic E-state index is 12.9. The van der Waals surface area contributed by atoms with Gasteiger partial charge in [-0.1, -0.05) is 30.3 Å². The van der Waals surface area contributed by atoms with Crippen LogP contribution in [0.1, 0.15) is 57.2 Å².